The maximum absolute atomic E-state index is 13.3. The molecule has 3 nitrogen and oxygen atoms in total. The fourth-order valence-corrected chi connectivity index (χ4v) is 3.24. The number of aromatic nitrogens is 1. The molecule has 1 aromatic carbocycles. The Morgan fingerprint density at radius 3 is 2.95 bits per heavy atom. The van der Waals surface area contributed by atoms with Crippen LogP contribution in [0.4, 0.5) is 4.39 Å². The first-order valence-electron chi connectivity index (χ1n) is 6.83. The van der Waals surface area contributed by atoms with E-state index in [0.29, 0.717) is 12.6 Å². The lowest BCUT2D eigenvalue weighted by Gasteiger charge is -2.02. The molecule has 1 aliphatic rings. The third-order valence-corrected chi connectivity index (χ3v) is 4.79. The van der Waals surface area contributed by atoms with E-state index >= 15 is 0 Å². The summed E-state index contributed by atoms with van der Waals surface area (Å²) in [6.45, 7) is 1.28. The molecule has 1 fully saturated rings. The van der Waals surface area contributed by atoms with Crippen LogP contribution in [0.25, 0.3) is 10.6 Å². The molecule has 0 amide bonds. The summed E-state index contributed by atoms with van der Waals surface area (Å²) in [5.41, 5.74) is 1.77. The van der Waals surface area contributed by atoms with Crippen LogP contribution >= 0.6 is 22.9 Å². The number of hydrogen-bond acceptors (Lipinski definition) is 4. The first kappa shape index (κ1) is 14.9. The number of rotatable bonds is 6. The number of halogens is 2. The van der Waals surface area contributed by atoms with Crippen molar-refractivity contribution in [2.45, 2.75) is 32.0 Å². The molecule has 0 radical (unpaired) electrons. The van der Waals surface area contributed by atoms with Crippen molar-refractivity contribution in [3.05, 3.63) is 39.6 Å². The van der Waals surface area contributed by atoms with Crippen LogP contribution in [-0.4, -0.2) is 18.1 Å². The minimum absolute atomic E-state index is 0.119. The van der Waals surface area contributed by atoms with Gasteiger partial charge in [0.15, 0.2) is 0 Å². The van der Waals surface area contributed by atoms with Crippen LogP contribution in [0.1, 0.15) is 23.4 Å². The highest BCUT2D eigenvalue weighted by atomic mass is 35.5. The van der Waals surface area contributed by atoms with E-state index in [2.05, 4.69) is 10.3 Å². The number of thiazole rings is 1. The van der Waals surface area contributed by atoms with E-state index in [1.165, 1.54) is 23.8 Å². The zero-order chi connectivity index (χ0) is 14.8. The molecule has 0 unspecified atom stereocenters. The lowest BCUT2D eigenvalue weighted by Crippen LogP contribution is -2.15. The highest BCUT2D eigenvalue weighted by Gasteiger charge is 2.22. The van der Waals surface area contributed by atoms with Crippen LogP contribution < -0.4 is 5.32 Å². The number of hydrogen-bond donors (Lipinski definition) is 1. The molecule has 1 N–H and O–H groups in total. The van der Waals surface area contributed by atoms with Crippen molar-refractivity contribution in [1.82, 2.24) is 10.3 Å². The molecule has 1 saturated carbocycles. The monoisotopic (exact) mass is 326 g/mol. The average Bonchev–Trinajstić information content (AvgIpc) is 3.21. The van der Waals surface area contributed by atoms with Crippen LogP contribution in [0.2, 0.25) is 5.02 Å². The molecule has 1 heterocycles. The minimum atomic E-state index is -0.412. The number of methoxy groups -OCH3 is 1. The van der Waals surface area contributed by atoms with E-state index in [0.717, 1.165) is 22.8 Å². The third-order valence-electron chi connectivity index (χ3n) is 3.35. The van der Waals surface area contributed by atoms with Gasteiger partial charge in [0, 0.05) is 30.1 Å². The van der Waals surface area contributed by atoms with E-state index in [9.17, 15) is 4.39 Å². The summed E-state index contributed by atoms with van der Waals surface area (Å²) in [7, 11) is 1.66. The van der Waals surface area contributed by atoms with Crippen LogP contribution in [0.5, 0.6) is 0 Å². The summed E-state index contributed by atoms with van der Waals surface area (Å²) in [4.78, 5) is 5.78. The molecule has 3 rings (SSSR count). The number of ether oxygens (including phenoxy) is 1. The van der Waals surface area contributed by atoms with Gasteiger partial charge in [-0.25, -0.2) is 9.37 Å². The van der Waals surface area contributed by atoms with Crippen molar-refractivity contribution in [3.63, 3.8) is 0 Å². The van der Waals surface area contributed by atoms with Gasteiger partial charge in [-0.2, -0.15) is 0 Å². The van der Waals surface area contributed by atoms with E-state index in [4.69, 9.17) is 16.3 Å². The fourth-order valence-electron chi connectivity index (χ4n) is 2.05. The summed E-state index contributed by atoms with van der Waals surface area (Å²) in [6.07, 6.45) is 2.50. The van der Waals surface area contributed by atoms with Gasteiger partial charge in [-0.15, -0.1) is 11.3 Å². The molecule has 112 valence electrons. The predicted molar refractivity (Wildman–Crippen MR) is 83.1 cm³/mol. The normalized spacial score (nSPS) is 14.6. The summed E-state index contributed by atoms with van der Waals surface area (Å²) in [6, 6.07) is 5.34. The van der Waals surface area contributed by atoms with Crippen LogP contribution in [0.3, 0.4) is 0 Å². The standard InChI is InChI=1S/C15H16ClFN2OS/c1-20-8-13-14(7-18-10-3-4-10)21-15(19-13)9-2-5-12(17)11(16)6-9/h2,5-6,10,18H,3-4,7-8H2,1H3. The van der Waals surface area contributed by atoms with Crippen molar-refractivity contribution in [2.24, 2.45) is 0 Å². The zero-order valence-corrected chi connectivity index (χ0v) is 13.2. The van der Waals surface area contributed by atoms with Crippen molar-refractivity contribution >= 4 is 22.9 Å². The molecule has 21 heavy (non-hydrogen) atoms. The molecule has 0 saturated heterocycles. The topological polar surface area (TPSA) is 34.1 Å². The van der Waals surface area contributed by atoms with Gasteiger partial charge in [0.25, 0.3) is 0 Å². The third kappa shape index (κ3) is 3.61. The van der Waals surface area contributed by atoms with Crippen LogP contribution in [0.15, 0.2) is 18.2 Å². The molecule has 0 spiro atoms. The van der Waals surface area contributed by atoms with Gasteiger partial charge in [0.2, 0.25) is 0 Å². The Bertz CT molecular complexity index is 643. The number of nitrogens with one attached hydrogen (secondary N) is 1. The molecule has 2 aromatic rings. The second-order valence-electron chi connectivity index (χ2n) is 5.11. The summed E-state index contributed by atoms with van der Waals surface area (Å²) in [5, 5.41) is 4.45. The lowest BCUT2D eigenvalue weighted by molar-refractivity contribution is 0.181. The minimum Gasteiger partial charge on any atom is -0.378 e. The van der Waals surface area contributed by atoms with Gasteiger partial charge < -0.3 is 10.1 Å². The maximum Gasteiger partial charge on any atom is 0.141 e. The van der Waals surface area contributed by atoms with Gasteiger partial charge in [-0.3, -0.25) is 0 Å². The molecular weight excluding hydrogens is 311 g/mol. The summed E-state index contributed by atoms with van der Waals surface area (Å²) < 4.78 is 18.5. The predicted octanol–water partition coefficient (Wildman–Crippen LogP) is 4.00. The van der Waals surface area contributed by atoms with E-state index in [1.54, 1.807) is 30.6 Å². The average molecular weight is 327 g/mol. The lowest BCUT2D eigenvalue weighted by atomic mass is 10.2. The van der Waals surface area contributed by atoms with E-state index in [1.807, 2.05) is 0 Å². The van der Waals surface area contributed by atoms with Gasteiger partial charge >= 0.3 is 0 Å². The highest BCUT2D eigenvalue weighted by Crippen LogP contribution is 2.31. The van der Waals surface area contributed by atoms with Gasteiger partial charge in [-0.05, 0) is 31.0 Å². The van der Waals surface area contributed by atoms with E-state index in [-0.39, 0.29) is 5.02 Å². The highest BCUT2D eigenvalue weighted by molar-refractivity contribution is 7.15. The Kier molecular flexibility index (Phi) is 4.54. The molecule has 1 aromatic heterocycles. The quantitative estimate of drug-likeness (QED) is 0.871. The number of benzene rings is 1. The van der Waals surface area contributed by atoms with Gasteiger partial charge in [-0.1, -0.05) is 11.6 Å². The van der Waals surface area contributed by atoms with Gasteiger partial charge in [0.1, 0.15) is 10.8 Å². The van der Waals surface area contributed by atoms with Crippen molar-refractivity contribution < 1.29 is 9.13 Å². The first-order chi connectivity index (χ1) is 10.2. The molecule has 0 aliphatic heterocycles. The fraction of sp³-hybridized carbons (Fsp3) is 0.400. The Morgan fingerprint density at radius 1 is 1.48 bits per heavy atom. The molecule has 6 heteroatoms. The van der Waals surface area contributed by atoms with Crippen molar-refractivity contribution in [3.8, 4) is 10.6 Å². The smallest absolute Gasteiger partial charge is 0.141 e. The second kappa shape index (κ2) is 6.40. The number of nitrogens with zero attached hydrogens (tertiary/aromatic N) is 1. The molecule has 0 bridgehead atoms. The van der Waals surface area contributed by atoms with E-state index < -0.39 is 5.82 Å². The first-order valence-corrected chi connectivity index (χ1v) is 8.03. The summed E-state index contributed by atoms with van der Waals surface area (Å²) >= 11 is 7.45. The molecule has 0 atom stereocenters. The van der Waals surface area contributed by atoms with Crippen LogP contribution in [-0.2, 0) is 17.9 Å². The second-order valence-corrected chi connectivity index (χ2v) is 6.60. The van der Waals surface area contributed by atoms with Crippen molar-refractivity contribution in [1.29, 1.82) is 0 Å². The largest absolute Gasteiger partial charge is 0.378 e. The van der Waals surface area contributed by atoms with Gasteiger partial charge in [0.05, 0.1) is 17.3 Å². The van der Waals surface area contributed by atoms with Crippen LogP contribution in [0, 0.1) is 5.82 Å². The Balaban J connectivity index is 1.86. The Morgan fingerprint density at radius 2 is 2.29 bits per heavy atom. The Labute approximate surface area is 132 Å². The Hall–Kier alpha value is -1.01. The van der Waals surface area contributed by atoms with Crippen molar-refractivity contribution in [2.75, 3.05) is 7.11 Å². The maximum atomic E-state index is 13.3. The molecule has 1 aliphatic carbocycles. The molecular formula is C15H16ClFN2OS. The SMILES string of the molecule is COCc1nc(-c2ccc(F)c(Cl)c2)sc1CNC1CC1. The zero-order valence-electron chi connectivity index (χ0n) is 11.7. The summed E-state index contributed by atoms with van der Waals surface area (Å²) in [5.74, 6) is -0.412.